The summed E-state index contributed by atoms with van der Waals surface area (Å²) in [6, 6.07) is 15.1. The van der Waals surface area contributed by atoms with Gasteiger partial charge < -0.3 is 14.6 Å². The lowest BCUT2D eigenvalue weighted by Crippen LogP contribution is -2.12. The van der Waals surface area contributed by atoms with Crippen LogP contribution in [0, 0.1) is 6.92 Å². The molecule has 0 aliphatic rings. The van der Waals surface area contributed by atoms with Gasteiger partial charge in [-0.15, -0.1) is 0 Å². The third-order valence-electron chi connectivity index (χ3n) is 3.70. The second kappa shape index (κ2) is 7.61. The Bertz CT molecular complexity index is 874. The van der Waals surface area contributed by atoms with Gasteiger partial charge in [0.15, 0.2) is 5.82 Å². The average molecular weight is 337 g/mol. The van der Waals surface area contributed by atoms with E-state index in [2.05, 4.69) is 15.5 Å². The summed E-state index contributed by atoms with van der Waals surface area (Å²) in [6.45, 7) is 1.76. The van der Waals surface area contributed by atoms with E-state index in [0.29, 0.717) is 30.2 Å². The van der Waals surface area contributed by atoms with Crippen molar-refractivity contribution >= 4 is 11.6 Å². The van der Waals surface area contributed by atoms with Crippen LogP contribution in [-0.2, 0) is 11.2 Å². The van der Waals surface area contributed by atoms with Gasteiger partial charge in [-0.3, -0.25) is 4.79 Å². The highest BCUT2D eigenvalue weighted by Crippen LogP contribution is 2.21. The summed E-state index contributed by atoms with van der Waals surface area (Å²) in [6.07, 6.45) is 1.03. The van der Waals surface area contributed by atoms with Crippen molar-refractivity contribution in [1.82, 2.24) is 10.1 Å². The van der Waals surface area contributed by atoms with Crippen LogP contribution < -0.4 is 10.1 Å². The number of anilines is 1. The van der Waals surface area contributed by atoms with Crippen LogP contribution in [0.3, 0.4) is 0 Å². The van der Waals surface area contributed by atoms with Gasteiger partial charge in [-0.2, -0.15) is 4.98 Å². The number of benzene rings is 2. The molecule has 0 fully saturated rings. The van der Waals surface area contributed by atoms with Crippen molar-refractivity contribution in [3.8, 4) is 17.2 Å². The molecule has 0 bridgehead atoms. The summed E-state index contributed by atoms with van der Waals surface area (Å²) < 4.78 is 10.3. The maximum absolute atomic E-state index is 12.2. The van der Waals surface area contributed by atoms with E-state index in [1.165, 1.54) is 0 Å². The number of hydrogen-bond donors (Lipinski definition) is 1. The zero-order valence-corrected chi connectivity index (χ0v) is 14.2. The number of aromatic nitrogens is 2. The predicted octanol–water partition coefficient (Wildman–Crippen LogP) is 3.62. The number of carbonyl (C=O) groups is 1. The zero-order chi connectivity index (χ0) is 17.6. The topological polar surface area (TPSA) is 77.2 Å². The fourth-order valence-electron chi connectivity index (χ4n) is 2.45. The van der Waals surface area contributed by atoms with E-state index in [4.69, 9.17) is 9.26 Å². The molecule has 1 N–H and O–H groups in total. The quantitative estimate of drug-likeness (QED) is 0.743. The van der Waals surface area contributed by atoms with Gasteiger partial charge in [0.2, 0.25) is 5.91 Å². The molecule has 1 heterocycles. The summed E-state index contributed by atoms with van der Waals surface area (Å²) in [5, 5.41) is 6.67. The molecule has 0 unspecified atom stereocenters. The molecule has 0 radical (unpaired) electrons. The number of nitrogens with one attached hydrogen (secondary N) is 1. The van der Waals surface area contributed by atoms with Crippen molar-refractivity contribution in [2.45, 2.75) is 19.8 Å². The number of nitrogens with zero attached hydrogens (tertiary/aromatic N) is 2. The van der Waals surface area contributed by atoms with Gasteiger partial charge in [0.1, 0.15) is 5.75 Å². The van der Waals surface area contributed by atoms with Crippen LogP contribution in [0.15, 0.2) is 53.1 Å². The number of amides is 1. The Morgan fingerprint density at radius 2 is 2.04 bits per heavy atom. The van der Waals surface area contributed by atoms with E-state index >= 15 is 0 Å². The molecule has 128 valence electrons. The summed E-state index contributed by atoms with van der Waals surface area (Å²) in [5.41, 5.74) is 2.53. The van der Waals surface area contributed by atoms with Gasteiger partial charge in [0, 0.05) is 17.7 Å². The number of rotatable bonds is 6. The fraction of sp³-hybridized carbons (Fsp3) is 0.211. The van der Waals surface area contributed by atoms with Crippen LogP contribution >= 0.6 is 0 Å². The second-order valence-corrected chi connectivity index (χ2v) is 5.63. The molecule has 1 amide bonds. The molecule has 6 nitrogen and oxygen atoms in total. The Morgan fingerprint density at radius 1 is 1.20 bits per heavy atom. The van der Waals surface area contributed by atoms with Crippen molar-refractivity contribution in [3.63, 3.8) is 0 Å². The molecule has 2 aromatic carbocycles. The lowest BCUT2D eigenvalue weighted by Gasteiger charge is -2.07. The molecule has 25 heavy (non-hydrogen) atoms. The van der Waals surface area contributed by atoms with E-state index in [1.807, 2.05) is 48.5 Å². The van der Waals surface area contributed by atoms with E-state index in [0.717, 1.165) is 16.9 Å². The highest BCUT2D eigenvalue weighted by molar-refractivity contribution is 5.91. The number of methoxy groups -OCH3 is 1. The van der Waals surface area contributed by atoms with Crippen molar-refractivity contribution in [3.05, 3.63) is 59.9 Å². The first-order chi connectivity index (χ1) is 12.1. The maximum atomic E-state index is 12.2. The monoisotopic (exact) mass is 337 g/mol. The molecule has 0 saturated carbocycles. The molecule has 3 aromatic rings. The molecular formula is C19H19N3O3. The SMILES string of the molecule is COc1cccc(CCC(=O)Nc2cccc(-c3nc(C)no3)c2)c1. The minimum Gasteiger partial charge on any atom is -0.497 e. The van der Waals surface area contributed by atoms with Crippen LogP contribution in [0.4, 0.5) is 5.69 Å². The zero-order valence-electron chi connectivity index (χ0n) is 14.2. The molecule has 0 spiro atoms. The fourth-order valence-corrected chi connectivity index (χ4v) is 2.45. The molecule has 0 atom stereocenters. The van der Waals surface area contributed by atoms with Crippen LogP contribution in [0.5, 0.6) is 5.75 Å². The molecule has 0 saturated heterocycles. The Balaban J connectivity index is 1.61. The smallest absolute Gasteiger partial charge is 0.257 e. The number of hydrogen-bond acceptors (Lipinski definition) is 5. The minimum absolute atomic E-state index is 0.0540. The van der Waals surface area contributed by atoms with Crippen LogP contribution in [0.2, 0.25) is 0 Å². The van der Waals surface area contributed by atoms with Crippen LogP contribution in [0.1, 0.15) is 17.8 Å². The summed E-state index contributed by atoms with van der Waals surface area (Å²) >= 11 is 0. The van der Waals surface area contributed by atoms with Crippen molar-refractivity contribution < 1.29 is 14.1 Å². The number of ether oxygens (including phenoxy) is 1. The maximum Gasteiger partial charge on any atom is 0.257 e. The Morgan fingerprint density at radius 3 is 2.80 bits per heavy atom. The lowest BCUT2D eigenvalue weighted by molar-refractivity contribution is -0.116. The first kappa shape index (κ1) is 16.7. The van der Waals surface area contributed by atoms with Gasteiger partial charge in [-0.05, 0) is 49.2 Å². The van der Waals surface area contributed by atoms with Gasteiger partial charge in [-0.25, -0.2) is 0 Å². The molecule has 1 aromatic heterocycles. The van der Waals surface area contributed by atoms with E-state index in [-0.39, 0.29) is 5.91 Å². The van der Waals surface area contributed by atoms with Gasteiger partial charge >= 0.3 is 0 Å². The summed E-state index contributed by atoms with van der Waals surface area (Å²) in [5.74, 6) is 1.75. The van der Waals surface area contributed by atoms with E-state index in [1.54, 1.807) is 14.0 Å². The van der Waals surface area contributed by atoms with Crippen LogP contribution in [0.25, 0.3) is 11.5 Å². The summed E-state index contributed by atoms with van der Waals surface area (Å²) in [4.78, 5) is 16.4. The Hall–Kier alpha value is -3.15. The van der Waals surface area contributed by atoms with Crippen molar-refractivity contribution in [2.24, 2.45) is 0 Å². The second-order valence-electron chi connectivity index (χ2n) is 5.63. The number of aryl methyl sites for hydroxylation is 2. The van der Waals surface area contributed by atoms with Gasteiger partial charge in [0.25, 0.3) is 5.89 Å². The third-order valence-corrected chi connectivity index (χ3v) is 3.70. The van der Waals surface area contributed by atoms with Crippen LogP contribution in [-0.4, -0.2) is 23.2 Å². The largest absolute Gasteiger partial charge is 0.497 e. The van der Waals surface area contributed by atoms with Gasteiger partial charge in [0.05, 0.1) is 7.11 Å². The van der Waals surface area contributed by atoms with Gasteiger partial charge in [-0.1, -0.05) is 23.4 Å². The van der Waals surface area contributed by atoms with Crippen molar-refractivity contribution in [2.75, 3.05) is 12.4 Å². The first-order valence-electron chi connectivity index (χ1n) is 7.97. The Labute approximate surface area is 145 Å². The highest BCUT2D eigenvalue weighted by atomic mass is 16.5. The molecule has 0 aliphatic carbocycles. The minimum atomic E-state index is -0.0540. The Kier molecular flexibility index (Phi) is 5.09. The molecule has 6 heteroatoms. The van der Waals surface area contributed by atoms with E-state index < -0.39 is 0 Å². The first-order valence-corrected chi connectivity index (χ1v) is 7.97. The lowest BCUT2D eigenvalue weighted by atomic mass is 10.1. The molecule has 0 aliphatic heterocycles. The standard InChI is InChI=1S/C19H19N3O3/c1-13-20-19(25-22-13)15-6-4-7-16(12-15)21-18(23)10-9-14-5-3-8-17(11-14)24-2/h3-8,11-12H,9-10H2,1-2H3,(H,21,23). The predicted molar refractivity (Wildman–Crippen MR) is 94.4 cm³/mol. The normalized spacial score (nSPS) is 10.5. The third kappa shape index (κ3) is 4.44. The highest BCUT2D eigenvalue weighted by Gasteiger charge is 2.09. The van der Waals surface area contributed by atoms with E-state index in [9.17, 15) is 4.79 Å². The molecular weight excluding hydrogens is 318 g/mol. The summed E-state index contributed by atoms with van der Waals surface area (Å²) in [7, 11) is 1.63. The molecule has 3 rings (SSSR count). The number of carbonyl (C=O) groups excluding carboxylic acids is 1. The van der Waals surface area contributed by atoms with Crippen molar-refractivity contribution in [1.29, 1.82) is 0 Å². The average Bonchev–Trinajstić information content (AvgIpc) is 3.07.